The van der Waals surface area contributed by atoms with Crippen LogP contribution < -0.4 is 0 Å². The van der Waals surface area contributed by atoms with E-state index in [-0.39, 0.29) is 23.8 Å². The zero-order valence-corrected chi connectivity index (χ0v) is 20.6. The van der Waals surface area contributed by atoms with E-state index in [1.165, 1.54) is 7.11 Å². The second-order valence-electron chi connectivity index (χ2n) is 9.86. The monoisotopic (exact) mass is 452 g/mol. The average molecular weight is 453 g/mol. The molecule has 1 saturated carbocycles. The largest absolute Gasteiger partial charge is 0.469 e. The Morgan fingerprint density at radius 2 is 1.88 bits per heavy atom. The molecule has 1 aliphatic rings. The molecule has 0 aromatic rings. The number of hydrogen-bond acceptors (Lipinski definition) is 6. The van der Waals surface area contributed by atoms with Gasteiger partial charge in [0.2, 0.25) is 0 Å². The van der Waals surface area contributed by atoms with Crippen LogP contribution in [0, 0.1) is 17.3 Å². The maximum absolute atomic E-state index is 12.5. The molecule has 0 heterocycles. The van der Waals surface area contributed by atoms with Crippen molar-refractivity contribution in [3.63, 3.8) is 0 Å². The molecule has 0 amide bonds. The molecule has 0 radical (unpaired) electrons. The molecule has 0 aromatic carbocycles. The van der Waals surface area contributed by atoms with Crippen LogP contribution >= 0.6 is 0 Å². The smallest absolute Gasteiger partial charge is 0.311 e. The Kier molecular flexibility index (Phi) is 12.8. The summed E-state index contributed by atoms with van der Waals surface area (Å²) in [5, 5.41) is 21.0. The molecule has 0 bridgehead atoms. The predicted octanol–water partition coefficient (Wildman–Crippen LogP) is 4.73. The molecule has 184 valence electrons. The molecular formula is C26H44O6. The minimum absolute atomic E-state index is 0.0938. The van der Waals surface area contributed by atoms with Crippen LogP contribution in [0.4, 0.5) is 0 Å². The van der Waals surface area contributed by atoms with Gasteiger partial charge in [-0.15, -0.1) is 0 Å². The van der Waals surface area contributed by atoms with Gasteiger partial charge in [-0.2, -0.15) is 0 Å². The molecule has 1 aliphatic carbocycles. The number of esters is 2. The van der Waals surface area contributed by atoms with E-state index in [2.05, 4.69) is 11.7 Å². The minimum Gasteiger partial charge on any atom is -0.469 e. The summed E-state index contributed by atoms with van der Waals surface area (Å²) < 4.78 is 10.4. The lowest BCUT2D eigenvalue weighted by atomic mass is 9.89. The molecule has 6 heteroatoms. The van der Waals surface area contributed by atoms with E-state index in [0.29, 0.717) is 25.7 Å². The third kappa shape index (κ3) is 10.3. The summed E-state index contributed by atoms with van der Waals surface area (Å²) in [5.41, 5.74) is -0.615. The van der Waals surface area contributed by atoms with Crippen molar-refractivity contribution in [3.05, 3.63) is 24.3 Å². The zero-order valence-electron chi connectivity index (χ0n) is 20.6. The second-order valence-corrected chi connectivity index (χ2v) is 9.86. The molecule has 1 fully saturated rings. The topological polar surface area (TPSA) is 93.1 Å². The van der Waals surface area contributed by atoms with Crippen LogP contribution in [0.5, 0.6) is 0 Å². The highest BCUT2D eigenvalue weighted by Gasteiger charge is 2.43. The summed E-state index contributed by atoms with van der Waals surface area (Å²) in [6, 6.07) is 0. The van der Waals surface area contributed by atoms with E-state index >= 15 is 0 Å². The standard InChI is InChI=1S/C26H44O6/c1-6-7-10-13-19(27)16-17-21-20(14-11-8-9-12-15-24(29)31-5)22(28)18-23(21)32-25(30)26(2,3)4/h8,11,16-17,19-23,27-28H,6-7,9-10,12-15,18H2,1-5H3/t19-,20+,21+,22?,23+/m0/s1. The summed E-state index contributed by atoms with van der Waals surface area (Å²) >= 11 is 0. The molecule has 1 unspecified atom stereocenters. The first-order valence-electron chi connectivity index (χ1n) is 12.1. The molecule has 0 aromatic heterocycles. The Hall–Kier alpha value is -1.66. The molecular weight excluding hydrogens is 408 g/mol. The Morgan fingerprint density at radius 1 is 1.16 bits per heavy atom. The molecule has 5 atom stereocenters. The molecule has 32 heavy (non-hydrogen) atoms. The van der Waals surface area contributed by atoms with E-state index in [0.717, 1.165) is 32.1 Å². The van der Waals surface area contributed by atoms with Gasteiger partial charge in [-0.1, -0.05) is 50.5 Å². The quantitative estimate of drug-likeness (QED) is 0.238. The normalized spacial score (nSPS) is 24.8. The number of unbranched alkanes of at least 4 members (excludes halogenated alkanes) is 3. The Morgan fingerprint density at radius 3 is 2.50 bits per heavy atom. The lowest BCUT2D eigenvalue weighted by Gasteiger charge is -2.25. The highest BCUT2D eigenvalue weighted by Crippen LogP contribution is 2.39. The highest BCUT2D eigenvalue weighted by molar-refractivity contribution is 5.75. The lowest BCUT2D eigenvalue weighted by Crippen LogP contribution is -2.31. The number of allylic oxidation sites excluding steroid dienone is 2. The molecule has 0 saturated heterocycles. The first kappa shape index (κ1) is 28.4. The maximum Gasteiger partial charge on any atom is 0.311 e. The molecule has 2 N–H and O–H groups in total. The zero-order chi connectivity index (χ0) is 24.1. The van der Waals surface area contributed by atoms with Crippen molar-refractivity contribution < 1.29 is 29.3 Å². The van der Waals surface area contributed by atoms with Gasteiger partial charge in [0.25, 0.3) is 0 Å². The minimum atomic E-state index is -0.615. The van der Waals surface area contributed by atoms with Gasteiger partial charge in [0.05, 0.1) is 24.7 Å². The van der Waals surface area contributed by atoms with Crippen molar-refractivity contribution in [3.8, 4) is 0 Å². The number of ether oxygens (including phenoxy) is 2. The number of aliphatic hydroxyl groups excluding tert-OH is 2. The summed E-state index contributed by atoms with van der Waals surface area (Å²) in [5.74, 6) is -0.744. The van der Waals surface area contributed by atoms with Crippen LogP contribution in [0.15, 0.2) is 24.3 Å². The van der Waals surface area contributed by atoms with Crippen molar-refractivity contribution in [2.45, 2.75) is 104 Å². The molecule has 1 rings (SSSR count). The maximum atomic E-state index is 12.5. The molecule has 6 nitrogen and oxygen atoms in total. The van der Waals surface area contributed by atoms with Gasteiger partial charge in [0, 0.05) is 18.8 Å². The van der Waals surface area contributed by atoms with Gasteiger partial charge < -0.3 is 19.7 Å². The number of methoxy groups -OCH3 is 1. The third-order valence-corrected chi connectivity index (χ3v) is 5.98. The molecule has 0 aliphatic heterocycles. The van der Waals surface area contributed by atoms with Gasteiger partial charge in [-0.3, -0.25) is 9.59 Å². The Balaban J connectivity index is 2.80. The van der Waals surface area contributed by atoms with Crippen LogP contribution in [0.3, 0.4) is 0 Å². The fraction of sp³-hybridized carbons (Fsp3) is 0.769. The predicted molar refractivity (Wildman–Crippen MR) is 126 cm³/mol. The lowest BCUT2D eigenvalue weighted by molar-refractivity contribution is -0.160. The van der Waals surface area contributed by atoms with Crippen molar-refractivity contribution >= 4 is 11.9 Å². The fourth-order valence-electron chi connectivity index (χ4n) is 3.92. The highest BCUT2D eigenvalue weighted by atomic mass is 16.5. The first-order valence-corrected chi connectivity index (χ1v) is 12.1. The first-order chi connectivity index (χ1) is 15.1. The van der Waals surface area contributed by atoms with Gasteiger partial charge in [-0.05, 0) is 52.4 Å². The number of hydrogen-bond donors (Lipinski definition) is 2. The van der Waals surface area contributed by atoms with E-state index in [1.54, 1.807) is 6.08 Å². The van der Waals surface area contributed by atoms with E-state index < -0.39 is 23.7 Å². The van der Waals surface area contributed by atoms with E-state index in [9.17, 15) is 19.8 Å². The SMILES string of the molecule is CCCCC[C@H](O)C=C[C@H]1[C@H](OC(=O)C(C)(C)C)CC(O)[C@@H]1CC=CCCCC(=O)OC. The van der Waals surface area contributed by atoms with Gasteiger partial charge in [0.1, 0.15) is 6.10 Å². The molecule has 0 spiro atoms. The Labute approximate surface area is 194 Å². The van der Waals surface area contributed by atoms with E-state index in [1.807, 2.05) is 39.0 Å². The van der Waals surface area contributed by atoms with Crippen molar-refractivity contribution in [2.75, 3.05) is 7.11 Å². The fourth-order valence-corrected chi connectivity index (χ4v) is 3.92. The average Bonchev–Trinajstić information content (AvgIpc) is 3.02. The third-order valence-electron chi connectivity index (χ3n) is 5.98. The van der Waals surface area contributed by atoms with Crippen molar-refractivity contribution in [1.82, 2.24) is 0 Å². The number of aliphatic hydroxyl groups is 2. The van der Waals surface area contributed by atoms with Crippen LogP contribution in [0.25, 0.3) is 0 Å². The van der Waals surface area contributed by atoms with Crippen LogP contribution in [-0.2, 0) is 19.1 Å². The van der Waals surface area contributed by atoms with Crippen molar-refractivity contribution in [2.24, 2.45) is 17.3 Å². The summed E-state index contributed by atoms with van der Waals surface area (Å²) in [6.45, 7) is 7.58. The number of rotatable bonds is 13. The Bertz CT molecular complexity index is 618. The number of carbonyl (C=O) groups excluding carboxylic acids is 2. The van der Waals surface area contributed by atoms with Gasteiger partial charge in [0.15, 0.2) is 0 Å². The van der Waals surface area contributed by atoms with Crippen molar-refractivity contribution in [1.29, 1.82) is 0 Å². The second kappa shape index (κ2) is 14.5. The summed E-state index contributed by atoms with van der Waals surface area (Å²) in [4.78, 5) is 23.7. The van der Waals surface area contributed by atoms with Gasteiger partial charge >= 0.3 is 11.9 Å². The van der Waals surface area contributed by atoms with Crippen LogP contribution in [0.2, 0.25) is 0 Å². The van der Waals surface area contributed by atoms with Gasteiger partial charge in [-0.25, -0.2) is 0 Å². The van der Waals surface area contributed by atoms with E-state index in [4.69, 9.17) is 4.74 Å². The summed E-state index contributed by atoms with van der Waals surface area (Å²) in [7, 11) is 1.39. The van der Waals surface area contributed by atoms with Crippen LogP contribution in [0.1, 0.15) is 85.5 Å². The van der Waals surface area contributed by atoms with Crippen LogP contribution in [-0.4, -0.2) is 47.6 Å². The summed E-state index contributed by atoms with van der Waals surface area (Å²) in [6.07, 6.45) is 13.0. The number of carbonyl (C=O) groups is 2.